The molecule has 3 aromatic rings. The quantitative estimate of drug-likeness (QED) is 0.668. The van der Waals surface area contributed by atoms with Crippen LogP contribution in [0.3, 0.4) is 0 Å². The molecule has 1 N–H and O–H groups in total. The molecule has 27 heavy (non-hydrogen) atoms. The second kappa shape index (κ2) is 7.72. The number of rotatable bonds is 5. The Balaban J connectivity index is 1.76. The lowest BCUT2D eigenvalue weighted by atomic mass is 9.98. The van der Waals surface area contributed by atoms with E-state index in [-0.39, 0.29) is 11.3 Å². The van der Waals surface area contributed by atoms with Gasteiger partial charge in [0.1, 0.15) is 5.01 Å². The number of benzene rings is 1. The summed E-state index contributed by atoms with van der Waals surface area (Å²) < 4.78 is 2.04. The molecule has 6 nitrogen and oxygen atoms in total. The number of nitriles is 1. The van der Waals surface area contributed by atoms with Gasteiger partial charge >= 0.3 is 0 Å². The molecule has 0 aliphatic rings. The van der Waals surface area contributed by atoms with Crippen molar-refractivity contribution in [3.05, 3.63) is 47.1 Å². The summed E-state index contributed by atoms with van der Waals surface area (Å²) in [6, 6.07) is 10.1. The first kappa shape index (κ1) is 18.8. The average molecular weight is 379 g/mol. The monoisotopic (exact) mass is 379 g/mol. The number of hydrogen-bond donors (Lipinski definition) is 1. The molecular formula is C20H21N5OS. The van der Waals surface area contributed by atoms with Crippen LogP contribution in [-0.4, -0.2) is 20.7 Å². The highest BCUT2D eigenvalue weighted by Crippen LogP contribution is 2.28. The molecule has 3 rings (SSSR count). The van der Waals surface area contributed by atoms with Gasteiger partial charge in [-0.3, -0.25) is 10.1 Å². The van der Waals surface area contributed by atoms with Crippen LogP contribution >= 0.6 is 11.3 Å². The zero-order valence-electron chi connectivity index (χ0n) is 15.6. The Hall–Kier alpha value is -2.98. The van der Waals surface area contributed by atoms with Crippen LogP contribution in [0, 0.1) is 11.3 Å². The van der Waals surface area contributed by atoms with Crippen molar-refractivity contribution in [1.29, 1.82) is 5.26 Å². The summed E-state index contributed by atoms with van der Waals surface area (Å²) in [7, 11) is 0. The molecular weight excluding hydrogens is 358 g/mol. The minimum Gasteiger partial charge on any atom is -0.346 e. The van der Waals surface area contributed by atoms with E-state index in [4.69, 9.17) is 5.26 Å². The van der Waals surface area contributed by atoms with Crippen LogP contribution in [0.5, 0.6) is 0 Å². The van der Waals surface area contributed by atoms with Crippen LogP contribution in [0.25, 0.3) is 17.0 Å². The van der Waals surface area contributed by atoms with E-state index in [9.17, 15) is 4.79 Å². The lowest BCUT2D eigenvalue weighted by molar-refractivity contribution is -0.111. The molecule has 0 saturated heterocycles. The molecule has 1 aromatic carbocycles. The average Bonchev–Trinajstić information content (AvgIpc) is 3.23. The molecule has 0 spiro atoms. The van der Waals surface area contributed by atoms with E-state index in [0.29, 0.717) is 18.1 Å². The summed E-state index contributed by atoms with van der Waals surface area (Å²) in [6.07, 6.45) is 5.69. The van der Waals surface area contributed by atoms with E-state index in [1.807, 2.05) is 35.0 Å². The van der Waals surface area contributed by atoms with E-state index < -0.39 is 0 Å². The van der Waals surface area contributed by atoms with Crippen molar-refractivity contribution in [2.45, 2.75) is 39.2 Å². The van der Waals surface area contributed by atoms with E-state index in [1.54, 1.807) is 6.08 Å². The SMILES string of the molecule is CC(C)(C)c1nnc(NC(=O)C=Cc2cn(CCC#N)c3ccccc23)s1. The van der Waals surface area contributed by atoms with Gasteiger partial charge in [-0.25, -0.2) is 0 Å². The number of anilines is 1. The predicted octanol–water partition coefficient (Wildman–Crippen LogP) is 4.36. The lowest BCUT2D eigenvalue weighted by Crippen LogP contribution is -2.10. The van der Waals surface area contributed by atoms with Crippen LogP contribution in [0.2, 0.25) is 0 Å². The van der Waals surface area contributed by atoms with Crippen LogP contribution in [0.1, 0.15) is 37.8 Å². The van der Waals surface area contributed by atoms with Crippen LogP contribution in [-0.2, 0) is 16.8 Å². The highest BCUT2D eigenvalue weighted by molar-refractivity contribution is 7.15. The first-order chi connectivity index (χ1) is 12.9. The third kappa shape index (κ3) is 4.41. The lowest BCUT2D eigenvalue weighted by Gasteiger charge is -2.12. The van der Waals surface area contributed by atoms with Gasteiger partial charge in [0.25, 0.3) is 0 Å². The number of fused-ring (bicyclic) bond motifs is 1. The highest BCUT2D eigenvalue weighted by atomic mass is 32.1. The van der Waals surface area contributed by atoms with Gasteiger partial charge in [0.15, 0.2) is 0 Å². The number of aromatic nitrogens is 3. The summed E-state index contributed by atoms with van der Waals surface area (Å²) in [5.41, 5.74) is 1.89. The summed E-state index contributed by atoms with van der Waals surface area (Å²) in [4.78, 5) is 12.3. The van der Waals surface area contributed by atoms with Gasteiger partial charge in [-0.1, -0.05) is 50.3 Å². The molecule has 0 unspecified atom stereocenters. The van der Waals surface area contributed by atoms with Gasteiger partial charge < -0.3 is 4.57 Å². The van der Waals surface area contributed by atoms with E-state index >= 15 is 0 Å². The summed E-state index contributed by atoms with van der Waals surface area (Å²) in [5.74, 6) is -0.250. The number of para-hydroxylation sites is 1. The van der Waals surface area contributed by atoms with Crippen molar-refractivity contribution in [2.75, 3.05) is 5.32 Å². The van der Waals surface area contributed by atoms with Crippen molar-refractivity contribution >= 4 is 39.4 Å². The number of carbonyl (C=O) groups is 1. The zero-order valence-corrected chi connectivity index (χ0v) is 16.4. The topological polar surface area (TPSA) is 83.6 Å². The second-order valence-corrected chi connectivity index (χ2v) is 8.17. The summed E-state index contributed by atoms with van der Waals surface area (Å²) in [6.45, 7) is 6.79. The number of nitrogens with zero attached hydrogens (tertiary/aromatic N) is 4. The Kier molecular flexibility index (Phi) is 5.38. The fourth-order valence-corrected chi connectivity index (χ4v) is 3.46. The summed E-state index contributed by atoms with van der Waals surface area (Å²) in [5, 5.41) is 22.2. The molecule has 1 amide bonds. The molecule has 2 aromatic heterocycles. The van der Waals surface area contributed by atoms with Gasteiger partial charge in [0.05, 0.1) is 12.5 Å². The Morgan fingerprint density at radius 1 is 1.33 bits per heavy atom. The zero-order chi connectivity index (χ0) is 19.4. The Morgan fingerprint density at radius 3 is 2.81 bits per heavy atom. The molecule has 2 heterocycles. The molecule has 7 heteroatoms. The predicted molar refractivity (Wildman–Crippen MR) is 108 cm³/mol. The minimum absolute atomic E-state index is 0.0955. The molecule has 0 bridgehead atoms. The van der Waals surface area contributed by atoms with Gasteiger partial charge in [-0.15, -0.1) is 10.2 Å². The molecule has 138 valence electrons. The van der Waals surface area contributed by atoms with E-state index in [0.717, 1.165) is 21.5 Å². The van der Waals surface area contributed by atoms with E-state index in [1.165, 1.54) is 17.4 Å². The van der Waals surface area contributed by atoms with Gasteiger partial charge in [0, 0.05) is 40.7 Å². The van der Waals surface area contributed by atoms with Crippen molar-refractivity contribution in [3.63, 3.8) is 0 Å². The van der Waals surface area contributed by atoms with E-state index in [2.05, 4.69) is 42.4 Å². The van der Waals surface area contributed by atoms with Crippen molar-refractivity contribution in [2.24, 2.45) is 0 Å². The fourth-order valence-electron chi connectivity index (χ4n) is 2.65. The van der Waals surface area contributed by atoms with Gasteiger partial charge in [-0.2, -0.15) is 5.26 Å². The standard InChI is InChI=1S/C20H21N5OS/c1-20(2,3)18-23-24-19(27-18)22-17(26)10-9-14-13-25(12-6-11-21)16-8-5-4-7-15(14)16/h4-5,7-10,13H,6,12H2,1-3H3,(H,22,24,26). The molecule has 0 aliphatic carbocycles. The maximum absolute atomic E-state index is 12.3. The smallest absolute Gasteiger partial charge is 0.250 e. The van der Waals surface area contributed by atoms with Crippen LogP contribution in [0.15, 0.2) is 36.5 Å². The molecule has 0 saturated carbocycles. The number of aryl methyl sites for hydroxylation is 1. The number of amides is 1. The number of carbonyl (C=O) groups excluding carboxylic acids is 1. The second-order valence-electron chi connectivity index (χ2n) is 7.19. The highest BCUT2D eigenvalue weighted by Gasteiger charge is 2.19. The minimum atomic E-state index is -0.250. The van der Waals surface area contributed by atoms with Crippen LogP contribution in [0.4, 0.5) is 5.13 Å². The van der Waals surface area contributed by atoms with Gasteiger partial charge in [0.2, 0.25) is 11.0 Å². The largest absolute Gasteiger partial charge is 0.346 e. The van der Waals surface area contributed by atoms with Crippen molar-refractivity contribution in [1.82, 2.24) is 14.8 Å². The normalized spacial score (nSPS) is 11.8. The maximum atomic E-state index is 12.3. The molecule has 0 radical (unpaired) electrons. The Labute approximate surface area is 162 Å². The van der Waals surface area contributed by atoms with Gasteiger partial charge in [-0.05, 0) is 12.1 Å². The third-order valence-corrected chi connectivity index (χ3v) is 5.26. The molecule has 0 fully saturated rings. The third-order valence-electron chi connectivity index (χ3n) is 3.99. The maximum Gasteiger partial charge on any atom is 0.250 e. The Morgan fingerprint density at radius 2 is 2.11 bits per heavy atom. The van der Waals surface area contributed by atoms with Crippen molar-refractivity contribution < 1.29 is 4.79 Å². The van der Waals surface area contributed by atoms with Crippen LogP contribution < -0.4 is 5.32 Å². The first-order valence-electron chi connectivity index (χ1n) is 8.66. The first-order valence-corrected chi connectivity index (χ1v) is 9.48. The Bertz CT molecular complexity index is 1030. The fraction of sp³-hybridized carbons (Fsp3) is 0.300. The number of nitrogens with one attached hydrogen (secondary N) is 1. The molecule has 0 aliphatic heterocycles. The van der Waals surface area contributed by atoms with Crippen molar-refractivity contribution in [3.8, 4) is 6.07 Å². The molecule has 0 atom stereocenters. The summed E-state index contributed by atoms with van der Waals surface area (Å²) >= 11 is 1.38. The number of hydrogen-bond acceptors (Lipinski definition) is 5.